The van der Waals surface area contributed by atoms with Crippen molar-refractivity contribution in [3.63, 3.8) is 0 Å². The molecule has 4 N–H and O–H groups in total. The molecule has 0 bridgehead atoms. The summed E-state index contributed by atoms with van der Waals surface area (Å²) in [7, 11) is 2.89. The van der Waals surface area contributed by atoms with Gasteiger partial charge in [-0.25, -0.2) is 9.78 Å². The molecule has 0 aromatic carbocycles. The number of aromatic nitrogens is 1. The summed E-state index contributed by atoms with van der Waals surface area (Å²) in [5.41, 5.74) is -3.88. The molecule has 0 saturated carbocycles. The van der Waals surface area contributed by atoms with Crippen molar-refractivity contribution in [2.75, 3.05) is 20.7 Å². The molecule has 12 heteroatoms. The summed E-state index contributed by atoms with van der Waals surface area (Å²) in [5, 5.41) is 36.5. The highest BCUT2D eigenvalue weighted by Crippen LogP contribution is 2.54. The van der Waals surface area contributed by atoms with Gasteiger partial charge in [0.05, 0.1) is 35.8 Å². The fourth-order valence-electron chi connectivity index (χ4n) is 6.76. The first-order valence-electron chi connectivity index (χ1n) is 16.6. The fraction of sp³-hybridized carbons (Fsp3) is 0.568. The van der Waals surface area contributed by atoms with Crippen LogP contribution in [0.3, 0.4) is 0 Å². The molecule has 2 fully saturated rings. The van der Waals surface area contributed by atoms with Crippen molar-refractivity contribution in [1.82, 2.24) is 15.2 Å². The van der Waals surface area contributed by atoms with Crippen molar-refractivity contribution >= 4 is 17.8 Å². The van der Waals surface area contributed by atoms with Gasteiger partial charge in [-0.15, -0.1) is 0 Å². The van der Waals surface area contributed by atoms with E-state index in [2.05, 4.69) is 10.3 Å². The first-order valence-corrected chi connectivity index (χ1v) is 16.6. The molecule has 0 unspecified atom stereocenters. The maximum atomic E-state index is 12.9. The standard InChI is InChI=1S/C37H53N3O9/c1-23(17-13-10-11-14-18-28-22-39-27(5)49-28)31(42)35(6,7)33(44)38-20-16-12-15-19-29(41)24(2)21-30(47-9)37(46)25(3)32(43)40(8)36(37)26(4)48-34(36)45/h10-17,19,22,24-26,29-31,41-42,46H,18,20-21H2,1-9H3,(H,38,44)/t24-,25+,26+,29+,30+,31-,36-,37-/m1/s1. The quantitative estimate of drug-likeness (QED) is 0.150. The third kappa shape index (κ3) is 7.82. The second-order valence-corrected chi connectivity index (χ2v) is 13.6. The van der Waals surface area contributed by atoms with Gasteiger partial charge in [0.15, 0.2) is 5.89 Å². The lowest BCUT2D eigenvalue weighted by atomic mass is 9.65. The van der Waals surface area contributed by atoms with Gasteiger partial charge >= 0.3 is 5.97 Å². The van der Waals surface area contributed by atoms with Gasteiger partial charge in [0.1, 0.15) is 17.5 Å². The van der Waals surface area contributed by atoms with Gasteiger partial charge in [-0.3, -0.25) is 9.59 Å². The number of oxazole rings is 1. The number of methoxy groups -OCH3 is 1. The predicted molar refractivity (Wildman–Crippen MR) is 184 cm³/mol. The van der Waals surface area contributed by atoms with Gasteiger partial charge in [-0.2, -0.15) is 0 Å². The number of nitrogens with one attached hydrogen (secondary N) is 1. The number of esters is 1. The van der Waals surface area contributed by atoms with Gasteiger partial charge in [0, 0.05) is 34.0 Å². The number of allylic oxidation sites excluding steroid dienone is 7. The van der Waals surface area contributed by atoms with E-state index < -0.39 is 58.8 Å². The van der Waals surface area contributed by atoms with Gasteiger partial charge in [-0.1, -0.05) is 68.5 Å². The molecule has 12 nitrogen and oxygen atoms in total. The highest BCUT2D eigenvalue weighted by Gasteiger charge is 2.80. The van der Waals surface area contributed by atoms with Crippen LogP contribution in [0.15, 0.2) is 70.9 Å². The Morgan fingerprint density at radius 3 is 2.43 bits per heavy atom. The molecule has 3 rings (SSSR count). The summed E-state index contributed by atoms with van der Waals surface area (Å²) in [4.78, 5) is 43.9. The molecular formula is C37H53N3O9. The molecule has 1 aromatic rings. The monoisotopic (exact) mass is 683 g/mol. The minimum absolute atomic E-state index is 0.159. The van der Waals surface area contributed by atoms with Crippen molar-refractivity contribution < 1.29 is 43.6 Å². The van der Waals surface area contributed by atoms with E-state index in [0.29, 0.717) is 17.9 Å². The van der Waals surface area contributed by atoms with Crippen LogP contribution in [-0.4, -0.2) is 99.2 Å². The molecule has 2 aliphatic rings. The number of carbonyl (C=O) groups excluding carboxylic acids is 3. The molecular weight excluding hydrogens is 630 g/mol. The van der Waals surface area contributed by atoms with Crippen LogP contribution in [-0.2, 0) is 30.3 Å². The summed E-state index contributed by atoms with van der Waals surface area (Å²) >= 11 is 0. The summed E-state index contributed by atoms with van der Waals surface area (Å²) in [6, 6.07) is 0. The Hall–Kier alpha value is -3.84. The number of amides is 2. The topological polar surface area (TPSA) is 172 Å². The zero-order chi connectivity index (χ0) is 36.7. The lowest BCUT2D eigenvalue weighted by Gasteiger charge is -2.55. The number of aliphatic hydroxyl groups excluding tert-OH is 2. The number of carbonyl (C=O) groups is 3. The zero-order valence-corrected chi connectivity index (χ0v) is 30.0. The Kier molecular flexibility index (Phi) is 13.1. The van der Waals surface area contributed by atoms with Crippen LogP contribution in [0.25, 0.3) is 0 Å². The lowest BCUT2D eigenvalue weighted by Crippen LogP contribution is -2.80. The number of likely N-dealkylation sites (N-methyl/N-ethyl adjacent to an activating group) is 1. The molecule has 0 radical (unpaired) electrons. The molecule has 49 heavy (non-hydrogen) atoms. The minimum Gasteiger partial charge on any atom is -0.457 e. The Bertz CT molecular complexity index is 1490. The van der Waals surface area contributed by atoms with E-state index in [9.17, 15) is 29.7 Å². The third-order valence-electron chi connectivity index (χ3n) is 9.97. The first kappa shape index (κ1) is 39.6. The number of aliphatic hydroxyl groups is 3. The smallest absolute Gasteiger partial charge is 0.339 e. The van der Waals surface area contributed by atoms with Crippen molar-refractivity contribution in [3.8, 4) is 0 Å². The predicted octanol–water partition coefficient (Wildman–Crippen LogP) is 3.13. The van der Waals surface area contributed by atoms with Gasteiger partial charge < -0.3 is 39.4 Å². The zero-order valence-electron chi connectivity index (χ0n) is 30.0. The van der Waals surface area contributed by atoms with E-state index in [0.717, 1.165) is 5.76 Å². The van der Waals surface area contributed by atoms with Crippen LogP contribution in [0, 0.1) is 24.2 Å². The highest BCUT2D eigenvalue weighted by molar-refractivity contribution is 5.99. The van der Waals surface area contributed by atoms with Crippen molar-refractivity contribution in [2.24, 2.45) is 17.3 Å². The molecule has 1 spiro atoms. The van der Waals surface area contributed by atoms with E-state index >= 15 is 0 Å². The molecule has 3 heterocycles. The summed E-state index contributed by atoms with van der Waals surface area (Å²) in [5.74, 6) is -1.31. The molecule has 1 aromatic heterocycles. The molecule has 8 atom stereocenters. The summed E-state index contributed by atoms with van der Waals surface area (Å²) in [6.45, 7) is 12.1. The summed E-state index contributed by atoms with van der Waals surface area (Å²) in [6.07, 6.45) is 14.7. The lowest BCUT2D eigenvalue weighted by molar-refractivity contribution is -0.255. The van der Waals surface area contributed by atoms with Crippen molar-refractivity contribution in [2.45, 2.75) is 96.9 Å². The van der Waals surface area contributed by atoms with Crippen LogP contribution in [0.2, 0.25) is 0 Å². The number of ether oxygens (including phenoxy) is 2. The highest BCUT2D eigenvalue weighted by atomic mass is 16.6. The Morgan fingerprint density at radius 1 is 1.16 bits per heavy atom. The molecule has 0 aliphatic carbocycles. The number of nitrogens with zero attached hydrogens (tertiary/aromatic N) is 2. The van der Waals surface area contributed by atoms with Gasteiger partial charge in [-0.05, 0) is 45.6 Å². The van der Waals surface area contributed by atoms with Crippen LogP contribution in [0.4, 0.5) is 0 Å². The SMILES string of the molecule is CO[C@@H](C[C@@H](C)[C@@H](O)C=CC=CCNC(=O)C(C)(C)[C@H](O)C(C)=CC=CC=CCc1cnc(C)o1)[C@]1(O)[C@@H](C)C(=O)N(C)[C@]12C(=O)O[C@H]2C. The molecule has 2 saturated heterocycles. The fourth-order valence-corrected chi connectivity index (χ4v) is 6.76. The van der Waals surface area contributed by atoms with Crippen LogP contribution >= 0.6 is 0 Å². The minimum atomic E-state index is -1.86. The van der Waals surface area contributed by atoms with Crippen LogP contribution in [0.1, 0.15) is 59.6 Å². The second kappa shape index (κ2) is 16.2. The average molecular weight is 684 g/mol. The largest absolute Gasteiger partial charge is 0.457 e. The first-order chi connectivity index (χ1) is 23.0. The van der Waals surface area contributed by atoms with E-state index in [1.54, 1.807) is 91.1 Å². The van der Waals surface area contributed by atoms with Gasteiger partial charge in [0.25, 0.3) is 0 Å². The molecule has 2 aliphatic heterocycles. The average Bonchev–Trinajstić information content (AvgIpc) is 3.55. The van der Waals surface area contributed by atoms with E-state index in [-0.39, 0.29) is 24.8 Å². The summed E-state index contributed by atoms with van der Waals surface area (Å²) < 4.78 is 16.3. The maximum Gasteiger partial charge on any atom is 0.339 e. The maximum absolute atomic E-state index is 12.9. The van der Waals surface area contributed by atoms with E-state index in [1.165, 1.54) is 19.1 Å². The van der Waals surface area contributed by atoms with Crippen molar-refractivity contribution in [3.05, 3.63) is 78.1 Å². The van der Waals surface area contributed by atoms with E-state index in [1.807, 2.05) is 18.2 Å². The number of cyclic esters (lactones) is 1. The van der Waals surface area contributed by atoms with E-state index in [4.69, 9.17) is 13.9 Å². The molecule has 270 valence electrons. The second-order valence-electron chi connectivity index (χ2n) is 13.6. The number of hydrogen-bond acceptors (Lipinski definition) is 10. The van der Waals surface area contributed by atoms with Crippen LogP contribution < -0.4 is 5.32 Å². The number of rotatable bonds is 16. The van der Waals surface area contributed by atoms with Crippen molar-refractivity contribution in [1.29, 1.82) is 0 Å². The normalized spacial score (nSPS) is 27.4. The number of likely N-dealkylation sites (tertiary alicyclic amines) is 1. The number of aryl methyl sites for hydroxylation is 1. The molecule has 2 amide bonds. The third-order valence-corrected chi connectivity index (χ3v) is 9.97. The van der Waals surface area contributed by atoms with Gasteiger partial charge in [0.2, 0.25) is 17.4 Å². The number of hydrogen-bond donors (Lipinski definition) is 4. The Labute approximate surface area is 289 Å². The Balaban J connectivity index is 1.49. The van der Waals surface area contributed by atoms with Crippen LogP contribution in [0.5, 0.6) is 0 Å². The Morgan fingerprint density at radius 2 is 1.84 bits per heavy atom.